The van der Waals surface area contributed by atoms with Crippen molar-refractivity contribution < 1.29 is 23.9 Å². The fourth-order valence-electron chi connectivity index (χ4n) is 4.35. The summed E-state index contributed by atoms with van der Waals surface area (Å²) in [6, 6.07) is 3.59. The number of carbonyl (C=O) groups excluding carboxylic acids is 2. The van der Waals surface area contributed by atoms with Gasteiger partial charge in [0.05, 0.1) is 6.04 Å². The highest BCUT2D eigenvalue weighted by molar-refractivity contribution is 5.91. The third kappa shape index (κ3) is 9.19. The lowest BCUT2D eigenvalue weighted by Crippen LogP contribution is -2.45. The van der Waals surface area contributed by atoms with Crippen molar-refractivity contribution in [3.63, 3.8) is 0 Å². The molecule has 200 valence electrons. The van der Waals surface area contributed by atoms with Crippen LogP contribution in [0.25, 0.3) is 6.08 Å². The zero-order valence-electron chi connectivity index (χ0n) is 22.6. The molecule has 0 bridgehead atoms. The second-order valence-corrected chi connectivity index (χ2v) is 11.8. The molecule has 0 saturated carbocycles. The van der Waals surface area contributed by atoms with Crippen molar-refractivity contribution in [3.05, 3.63) is 30.0 Å². The van der Waals surface area contributed by atoms with Gasteiger partial charge in [-0.3, -0.25) is 9.69 Å². The summed E-state index contributed by atoms with van der Waals surface area (Å²) in [6.07, 6.45) is 7.52. The summed E-state index contributed by atoms with van der Waals surface area (Å²) in [7, 11) is 0. The van der Waals surface area contributed by atoms with E-state index in [2.05, 4.69) is 36.1 Å². The van der Waals surface area contributed by atoms with E-state index in [4.69, 9.17) is 14.3 Å². The third-order valence-electron chi connectivity index (χ3n) is 5.77. The number of hydrogen-bond acceptors (Lipinski definition) is 7. The van der Waals surface area contributed by atoms with Gasteiger partial charge in [-0.2, -0.15) is 0 Å². The first-order chi connectivity index (χ1) is 16.9. The first-order valence-corrected chi connectivity index (χ1v) is 12.9. The molecule has 2 saturated heterocycles. The molecule has 0 aliphatic carbocycles. The number of nitrogens with zero attached hydrogens (tertiary/aromatic N) is 3. The highest BCUT2D eigenvalue weighted by Gasteiger charge is 2.36. The average molecular weight is 503 g/mol. The molecule has 2 atom stereocenters. The maximum atomic E-state index is 13.2. The summed E-state index contributed by atoms with van der Waals surface area (Å²) in [6.45, 7) is 15.5. The van der Waals surface area contributed by atoms with E-state index in [1.54, 1.807) is 23.2 Å². The van der Waals surface area contributed by atoms with Gasteiger partial charge in [-0.25, -0.2) is 20.1 Å². The van der Waals surface area contributed by atoms with Crippen LogP contribution in [0.3, 0.4) is 0 Å². The lowest BCUT2D eigenvalue weighted by molar-refractivity contribution is -0.198. The Kier molecular flexibility index (Phi) is 9.49. The average Bonchev–Trinajstić information content (AvgIpc) is 3.22. The fraction of sp³-hybridized carbons (Fsp3) is 0.667. The summed E-state index contributed by atoms with van der Waals surface area (Å²) in [5, 5.41) is 0. The summed E-state index contributed by atoms with van der Waals surface area (Å²) in [5.74, 6) is 0.153. The van der Waals surface area contributed by atoms with Crippen molar-refractivity contribution in [1.82, 2.24) is 15.4 Å². The molecule has 9 nitrogen and oxygen atoms in total. The molecule has 3 heterocycles. The van der Waals surface area contributed by atoms with Gasteiger partial charge in [0.2, 0.25) is 0 Å². The van der Waals surface area contributed by atoms with E-state index in [0.717, 1.165) is 50.9 Å². The molecule has 1 N–H and O–H groups in total. The van der Waals surface area contributed by atoms with Crippen molar-refractivity contribution in [3.8, 4) is 0 Å². The van der Waals surface area contributed by atoms with E-state index in [-0.39, 0.29) is 17.4 Å². The van der Waals surface area contributed by atoms with Crippen molar-refractivity contribution in [2.75, 3.05) is 31.1 Å². The van der Waals surface area contributed by atoms with Gasteiger partial charge in [-0.1, -0.05) is 20.8 Å². The zero-order chi connectivity index (χ0) is 26.3. The van der Waals surface area contributed by atoms with Crippen LogP contribution in [0, 0.1) is 5.41 Å². The molecule has 1 aromatic rings. The number of carbonyl (C=O) groups is 2. The number of rotatable bonds is 7. The molecule has 2 aliphatic rings. The van der Waals surface area contributed by atoms with E-state index in [1.165, 1.54) is 6.08 Å². The van der Waals surface area contributed by atoms with E-state index < -0.39 is 18.0 Å². The smallest absolute Gasteiger partial charge is 0.416 e. The van der Waals surface area contributed by atoms with Gasteiger partial charge in [0.15, 0.2) is 6.29 Å². The Hall–Kier alpha value is -2.49. The Balaban J connectivity index is 1.65. The molecule has 0 spiro atoms. The number of nitrogens with one attached hydrogen (secondary N) is 1. The van der Waals surface area contributed by atoms with Gasteiger partial charge in [-0.15, -0.1) is 0 Å². The summed E-state index contributed by atoms with van der Waals surface area (Å²) < 4.78 is 11.2. The van der Waals surface area contributed by atoms with Crippen molar-refractivity contribution >= 4 is 23.9 Å². The number of aromatic nitrogens is 1. The van der Waals surface area contributed by atoms with Gasteiger partial charge in [0, 0.05) is 44.9 Å². The van der Waals surface area contributed by atoms with E-state index >= 15 is 0 Å². The first kappa shape index (κ1) is 28.1. The van der Waals surface area contributed by atoms with Gasteiger partial charge < -0.3 is 14.4 Å². The minimum Gasteiger partial charge on any atom is -0.443 e. The van der Waals surface area contributed by atoms with E-state index in [1.807, 2.05) is 26.8 Å². The molecule has 0 radical (unpaired) electrons. The van der Waals surface area contributed by atoms with Crippen molar-refractivity contribution in [2.24, 2.45) is 5.41 Å². The minimum atomic E-state index is -0.611. The van der Waals surface area contributed by atoms with Crippen LogP contribution in [0.5, 0.6) is 0 Å². The van der Waals surface area contributed by atoms with Crippen LogP contribution in [0.2, 0.25) is 0 Å². The Morgan fingerprint density at radius 2 is 1.97 bits per heavy atom. The maximum Gasteiger partial charge on any atom is 0.416 e. The predicted octanol–water partition coefficient (Wildman–Crippen LogP) is 4.53. The fourth-order valence-corrected chi connectivity index (χ4v) is 4.35. The number of hydrogen-bond donors (Lipinski definition) is 1. The summed E-state index contributed by atoms with van der Waals surface area (Å²) in [4.78, 5) is 39.2. The number of pyridine rings is 1. The van der Waals surface area contributed by atoms with Crippen LogP contribution < -0.4 is 10.4 Å². The Bertz CT molecular complexity index is 898. The topological polar surface area (TPSA) is 93.2 Å². The summed E-state index contributed by atoms with van der Waals surface area (Å²) >= 11 is 0. The molecule has 0 aromatic carbocycles. The molecular weight excluding hydrogens is 460 g/mol. The summed E-state index contributed by atoms with van der Waals surface area (Å²) in [5.41, 5.74) is 2.70. The second-order valence-electron chi connectivity index (χ2n) is 11.8. The minimum absolute atomic E-state index is 0.0268. The standard InChI is InChI=1S/C27H42N4O5/c1-26(2,3)19-30-15-14-21(18-30)31(25(33)35-27(4,5)6)22-12-10-20(17-28-22)11-13-23(32)29-36-24-9-7-8-16-34-24/h10-13,17,21,24H,7-9,14-16,18-19H2,1-6H3,(H,29,32)/b13-11+/t21-,24?/m1/s1. The van der Waals surface area contributed by atoms with Crippen LogP contribution in [-0.2, 0) is 19.1 Å². The van der Waals surface area contributed by atoms with Crippen LogP contribution in [0.4, 0.5) is 10.6 Å². The Morgan fingerprint density at radius 3 is 2.58 bits per heavy atom. The predicted molar refractivity (Wildman–Crippen MR) is 139 cm³/mol. The quantitative estimate of drug-likeness (QED) is 0.432. The largest absolute Gasteiger partial charge is 0.443 e. The molecule has 9 heteroatoms. The van der Waals surface area contributed by atoms with Gasteiger partial charge >= 0.3 is 6.09 Å². The monoisotopic (exact) mass is 502 g/mol. The van der Waals surface area contributed by atoms with E-state index in [9.17, 15) is 9.59 Å². The highest BCUT2D eigenvalue weighted by atomic mass is 16.8. The Morgan fingerprint density at radius 1 is 1.19 bits per heavy atom. The number of hydroxylamine groups is 1. The normalized spacial score (nSPS) is 21.5. The molecule has 2 aliphatic heterocycles. The van der Waals surface area contributed by atoms with Crippen molar-refractivity contribution in [1.29, 1.82) is 0 Å². The molecule has 2 fully saturated rings. The van der Waals surface area contributed by atoms with Gasteiger partial charge in [0.25, 0.3) is 5.91 Å². The second kappa shape index (κ2) is 12.2. The SMILES string of the molecule is CC(C)(C)CN1CC[C@@H](N(C(=O)OC(C)(C)C)c2ccc(/C=C/C(=O)NOC3CCCCO3)cn2)C1. The maximum absolute atomic E-state index is 13.2. The first-order valence-electron chi connectivity index (χ1n) is 12.9. The molecule has 1 unspecified atom stereocenters. The van der Waals surface area contributed by atoms with Gasteiger partial charge in [0.1, 0.15) is 11.4 Å². The molecule has 1 aromatic heterocycles. The lowest BCUT2D eigenvalue weighted by atomic mass is 9.96. The lowest BCUT2D eigenvalue weighted by Gasteiger charge is -2.31. The Labute approximate surface area is 215 Å². The van der Waals surface area contributed by atoms with Crippen LogP contribution >= 0.6 is 0 Å². The van der Waals surface area contributed by atoms with Crippen LogP contribution in [-0.4, -0.2) is 66.1 Å². The molecule has 2 amide bonds. The number of likely N-dealkylation sites (tertiary alicyclic amines) is 1. The zero-order valence-corrected chi connectivity index (χ0v) is 22.6. The van der Waals surface area contributed by atoms with E-state index in [0.29, 0.717) is 12.4 Å². The van der Waals surface area contributed by atoms with Crippen LogP contribution in [0.1, 0.15) is 72.8 Å². The van der Waals surface area contributed by atoms with Gasteiger partial charge in [-0.05, 0) is 69.2 Å². The number of ether oxygens (including phenoxy) is 2. The van der Waals surface area contributed by atoms with Crippen LogP contribution in [0.15, 0.2) is 24.4 Å². The number of anilines is 1. The molecular formula is C27H42N4O5. The molecule has 3 rings (SSSR count). The highest BCUT2D eigenvalue weighted by Crippen LogP contribution is 2.27. The number of amides is 2. The third-order valence-corrected chi connectivity index (χ3v) is 5.77. The van der Waals surface area contributed by atoms with Crippen molar-refractivity contribution in [2.45, 2.75) is 85.2 Å². The molecule has 36 heavy (non-hydrogen) atoms.